The Labute approximate surface area is 86.4 Å². The number of thioether (sulfide) groups is 1. The molecule has 4 nitrogen and oxygen atoms in total. The van der Waals surface area contributed by atoms with Crippen LogP contribution in [0.2, 0.25) is 0 Å². The topological polar surface area (TPSA) is 55.4 Å². The van der Waals surface area contributed by atoms with Crippen LogP contribution in [0.4, 0.5) is 0 Å². The van der Waals surface area contributed by atoms with Crippen LogP contribution in [0, 0.1) is 0 Å². The van der Waals surface area contributed by atoms with Gasteiger partial charge in [0.05, 0.1) is 6.61 Å². The number of ether oxygens (including phenoxy) is 1. The van der Waals surface area contributed by atoms with Crippen molar-refractivity contribution in [1.29, 1.82) is 0 Å². The fraction of sp³-hybridized carbons (Fsp3) is 0.333. The van der Waals surface area contributed by atoms with Gasteiger partial charge in [-0.1, -0.05) is 0 Å². The molecule has 0 aromatic rings. The van der Waals surface area contributed by atoms with Crippen molar-refractivity contribution in [3.63, 3.8) is 0 Å². The van der Waals surface area contributed by atoms with Crippen LogP contribution in [0.5, 0.6) is 0 Å². The first kappa shape index (κ1) is 10.8. The Bertz CT molecular complexity index is 296. The van der Waals surface area contributed by atoms with Crippen molar-refractivity contribution in [3.05, 3.63) is 22.6 Å². The summed E-state index contributed by atoms with van der Waals surface area (Å²) in [6.45, 7) is 1.59. The molecule has 0 aromatic carbocycles. The van der Waals surface area contributed by atoms with E-state index in [0.717, 1.165) is 0 Å². The minimum absolute atomic E-state index is 0.140. The predicted octanol–water partition coefficient (Wildman–Crippen LogP) is 1.16. The van der Waals surface area contributed by atoms with Crippen LogP contribution in [-0.2, 0) is 14.3 Å². The van der Waals surface area contributed by atoms with E-state index < -0.39 is 0 Å². The van der Waals surface area contributed by atoms with Gasteiger partial charge in [0.2, 0.25) is 0 Å². The number of carbonyl (C=O) groups excluding carboxylic acids is 2. The van der Waals surface area contributed by atoms with Gasteiger partial charge in [0.15, 0.2) is 0 Å². The van der Waals surface area contributed by atoms with Crippen LogP contribution >= 0.6 is 11.8 Å². The normalized spacial score (nSPS) is 15.5. The van der Waals surface area contributed by atoms with Gasteiger partial charge in [0.1, 0.15) is 0 Å². The Morgan fingerprint density at radius 2 is 2.43 bits per heavy atom. The van der Waals surface area contributed by atoms with Gasteiger partial charge in [-0.3, -0.25) is 9.59 Å². The smallest absolute Gasteiger partial charge is 0.302 e. The van der Waals surface area contributed by atoms with Gasteiger partial charge in [-0.05, 0) is 10.8 Å². The monoisotopic (exact) mass is 213 g/mol. The summed E-state index contributed by atoms with van der Waals surface area (Å²) >= 11 is 1.42. The van der Waals surface area contributed by atoms with E-state index in [1.807, 2.05) is 0 Å². The fourth-order valence-corrected chi connectivity index (χ4v) is 1.51. The fourth-order valence-electron chi connectivity index (χ4n) is 0.894. The number of hydrogen-bond acceptors (Lipinski definition) is 4. The summed E-state index contributed by atoms with van der Waals surface area (Å²) in [6, 6.07) is 0. The molecule has 1 aliphatic rings. The summed E-state index contributed by atoms with van der Waals surface area (Å²) in [6.07, 6.45) is 2.03. The summed E-state index contributed by atoms with van der Waals surface area (Å²) in [7, 11) is 0. The van der Waals surface area contributed by atoms with E-state index in [2.05, 4.69) is 5.32 Å². The number of nitrogens with one attached hydrogen (secondary N) is 1. The van der Waals surface area contributed by atoms with E-state index in [-0.39, 0.29) is 18.5 Å². The molecule has 0 radical (unpaired) electrons. The van der Waals surface area contributed by atoms with Crippen LogP contribution in [0.15, 0.2) is 22.6 Å². The summed E-state index contributed by atoms with van der Waals surface area (Å²) in [4.78, 5) is 21.8. The summed E-state index contributed by atoms with van der Waals surface area (Å²) in [5, 5.41) is 6.11. The molecular formula is C9H11NO3S. The zero-order valence-corrected chi connectivity index (χ0v) is 8.60. The highest BCUT2D eigenvalue weighted by molar-refractivity contribution is 8.04. The zero-order chi connectivity index (χ0) is 10.4. The van der Waals surface area contributed by atoms with E-state index >= 15 is 0 Å². The SMILES string of the molecule is CC(=O)OCCC1=CSC=CNC1=O. The molecule has 1 amide bonds. The standard InChI is InChI=1S/C9H11NO3S/c1-7(11)13-4-2-8-6-14-5-3-10-9(8)12/h3,5-6H,2,4H2,1H3,(H,10,12). The van der Waals surface area contributed by atoms with E-state index in [9.17, 15) is 9.59 Å². The molecule has 5 heteroatoms. The molecule has 0 bridgehead atoms. The van der Waals surface area contributed by atoms with Crippen molar-refractivity contribution in [2.24, 2.45) is 0 Å². The van der Waals surface area contributed by atoms with Gasteiger partial charge in [-0.15, -0.1) is 11.8 Å². The second-order valence-corrected chi connectivity index (χ2v) is 3.43. The number of esters is 1. The number of amides is 1. The average molecular weight is 213 g/mol. The number of hydrogen-bond donors (Lipinski definition) is 1. The van der Waals surface area contributed by atoms with Crippen LogP contribution < -0.4 is 5.32 Å². The van der Waals surface area contributed by atoms with Crippen LogP contribution in [0.3, 0.4) is 0 Å². The Balaban J connectivity index is 2.39. The van der Waals surface area contributed by atoms with Crippen molar-refractivity contribution in [1.82, 2.24) is 5.32 Å². The molecule has 0 aromatic heterocycles. The molecule has 0 spiro atoms. The summed E-state index contributed by atoms with van der Waals surface area (Å²) in [5.41, 5.74) is 0.626. The van der Waals surface area contributed by atoms with Gasteiger partial charge in [-0.2, -0.15) is 0 Å². The minimum Gasteiger partial charge on any atom is -0.466 e. The lowest BCUT2D eigenvalue weighted by atomic mass is 10.2. The number of rotatable bonds is 3. The molecule has 14 heavy (non-hydrogen) atoms. The lowest BCUT2D eigenvalue weighted by Crippen LogP contribution is -2.19. The van der Waals surface area contributed by atoms with Crippen molar-refractivity contribution in [3.8, 4) is 0 Å². The quantitative estimate of drug-likeness (QED) is 0.715. The Hall–Kier alpha value is -1.23. The lowest BCUT2D eigenvalue weighted by molar-refractivity contribution is -0.141. The van der Waals surface area contributed by atoms with E-state index in [0.29, 0.717) is 12.0 Å². The van der Waals surface area contributed by atoms with Gasteiger partial charge in [0.25, 0.3) is 5.91 Å². The summed E-state index contributed by atoms with van der Waals surface area (Å²) in [5.74, 6) is -0.469. The minimum atomic E-state index is -0.328. The first-order chi connectivity index (χ1) is 6.70. The molecule has 0 saturated heterocycles. The van der Waals surface area contributed by atoms with Gasteiger partial charge in [-0.25, -0.2) is 0 Å². The third-order valence-electron chi connectivity index (χ3n) is 1.54. The van der Waals surface area contributed by atoms with E-state index in [1.54, 1.807) is 17.0 Å². The Kier molecular flexibility index (Phi) is 4.25. The molecule has 1 heterocycles. The maximum absolute atomic E-state index is 11.3. The van der Waals surface area contributed by atoms with Crippen LogP contribution in [0.25, 0.3) is 0 Å². The molecule has 0 aliphatic carbocycles. The van der Waals surface area contributed by atoms with Gasteiger partial charge < -0.3 is 10.1 Å². The Morgan fingerprint density at radius 1 is 1.64 bits per heavy atom. The van der Waals surface area contributed by atoms with Crippen molar-refractivity contribution >= 4 is 23.6 Å². The molecule has 76 valence electrons. The molecule has 0 saturated carbocycles. The first-order valence-corrected chi connectivity index (χ1v) is 5.08. The average Bonchev–Trinajstić information content (AvgIpc) is 2.31. The third kappa shape index (κ3) is 3.66. The maximum Gasteiger partial charge on any atom is 0.302 e. The van der Waals surface area contributed by atoms with Crippen LogP contribution in [-0.4, -0.2) is 18.5 Å². The number of carbonyl (C=O) groups is 2. The van der Waals surface area contributed by atoms with E-state index in [1.165, 1.54) is 18.7 Å². The molecule has 0 fully saturated rings. The molecule has 0 unspecified atom stereocenters. The predicted molar refractivity (Wildman–Crippen MR) is 54.2 cm³/mol. The Morgan fingerprint density at radius 3 is 3.14 bits per heavy atom. The lowest BCUT2D eigenvalue weighted by Gasteiger charge is -2.04. The van der Waals surface area contributed by atoms with Crippen molar-refractivity contribution in [2.75, 3.05) is 6.61 Å². The van der Waals surface area contributed by atoms with E-state index in [4.69, 9.17) is 4.74 Å². The second-order valence-electron chi connectivity index (χ2n) is 2.65. The third-order valence-corrected chi connectivity index (χ3v) is 2.25. The highest BCUT2D eigenvalue weighted by Gasteiger charge is 2.09. The zero-order valence-electron chi connectivity index (χ0n) is 7.78. The first-order valence-electron chi connectivity index (χ1n) is 4.14. The highest BCUT2D eigenvalue weighted by Crippen LogP contribution is 2.14. The largest absolute Gasteiger partial charge is 0.466 e. The maximum atomic E-state index is 11.3. The van der Waals surface area contributed by atoms with Gasteiger partial charge in [0, 0.05) is 25.1 Å². The molecule has 1 aliphatic heterocycles. The molecule has 1 N–H and O–H groups in total. The van der Waals surface area contributed by atoms with Crippen molar-refractivity contribution < 1.29 is 14.3 Å². The molecule has 0 atom stereocenters. The molecular weight excluding hydrogens is 202 g/mol. The second kappa shape index (κ2) is 5.49. The van der Waals surface area contributed by atoms with Gasteiger partial charge >= 0.3 is 5.97 Å². The van der Waals surface area contributed by atoms with Crippen molar-refractivity contribution in [2.45, 2.75) is 13.3 Å². The summed E-state index contributed by atoms with van der Waals surface area (Å²) < 4.78 is 4.74. The molecule has 1 rings (SSSR count). The highest BCUT2D eigenvalue weighted by atomic mass is 32.2. The van der Waals surface area contributed by atoms with Crippen LogP contribution in [0.1, 0.15) is 13.3 Å².